The number of hydrogen-bond acceptors (Lipinski definition) is 2. The van der Waals surface area contributed by atoms with Crippen LogP contribution in [-0.4, -0.2) is 5.78 Å². The number of carbonyl (C=O) groups is 1. The largest absolute Gasteiger partial charge is 0.300 e. The lowest BCUT2D eigenvalue weighted by molar-refractivity contribution is -0.117. The van der Waals surface area contributed by atoms with Gasteiger partial charge < -0.3 is 0 Å². The lowest BCUT2D eigenvalue weighted by Gasteiger charge is -2.06. The molecule has 0 heterocycles. The first-order valence-corrected chi connectivity index (χ1v) is 4.66. The van der Waals surface area contributed by atoms with Crippen LogP contribution in [0.1, 0.15) is 24.8 Å². The van der Waals surface area contributed by atoms with Gasteiger partial charge in [-0.05, 0) is 24.6 Å². The summed E-state index contributed by atoms with van der Waals surface area (Å²) in [6, 6.07) is 9.11. The fourth-order valence-corrected chi connectivity index (χ4v) is 1.35. The molecular weight excluding hydrogens is 198 g/mol. The summed E-state index contributed by atoms with van der Waals surface area (Å²) in [5.41, 5.74) is 0.840. The number of ketones is 1. The third kappa shape index (κ3) is 2.86. The number of nitrogens with zero attached hydrogens (tertiary/aromatic N) is 1. The van der Waals surface area contributed by atoms with E-state index in [9.17, 15) is 4.79 Å². The maximum atomic E-state index is 10.9. The number of carbonyl (C=O) groups excluding carboxylic acids is 1. The Kier molecular flexibility index (Phi) is 3.67. The Hall–Kier alpha value is -1.33. The van der Waals surface area contributed by atoms with Crippen molar-refractivity contribution in [2.45, 2.75) is 19.3 Å². The highest BCUT2D eigenvalue weighted by Crippen LogP contribution is 2.20. The molecule has 0 N–H and O–H groups in total. The number of rotatable bonds is 3. The van der Waals surface area contributed by atoms with Crippen LogP contribution >= 0.6 is 11.6 Å². The predicted octanol–water partition coefficient (Wildman–Crippen LogP) is 2.93. The molecule has 72 valence electrons. The lowest BCUT2D eigenvalue weighted by atomic mass is 9.96. The SMILES string of the molecule is CC(=O)CC(C#N)c1ccc(Cl)cc1. The quantitative estimate of drug-likeness (QED) is 0.765. The van der Waals surface area contributed by atoms with Gasteiger partial charge in [0.2, 0.25) is 0 Å². The van der Waals surface area contributed by atoms with E-state index in [2.05, 4.69) is 6.07 Å². The maximum absolute atomic E-state index is 10.9. The van der Waals surface area contributed by atoms with Gasteiger partial charge >= 0.3 is 0 Å². The topological polar surface area (TPSA) is 40.9 Å². The second kappa shape index (κ2) is 4.78. The Labute approximate surface area is 88.1 Å². The molecule has 3 heteroatoms. The number of nitriles is 1. The zero-order chi connectivity index (χ0) is 10.6. The Morgan fingerprint density at radius 2 is 2.07 bits per heavy atom. The third-order valence-electron chi connectivity index (χ3n) is 1.92. The Bertz CT molecular complexity index is 364. The van der Waals surface area contributed by atoms with Crippen LogP contribution in [0.5, 0.6) is 0 Å². The summed E-state index contributed by atoms with van der Waals surface area (Å²) in [7, 11) is 0. The predicted molar refractivity (Wildman–Crippen MR) is 55.1 cm³/mol. The average Bonchev–Trinajstić information content (AvgIpc) is 2.15. The monoisotopic (exact) mass is 207 g/mol. The highest BCUT2D eigenvalue weighted by atomic mass is 35.5. The van der Waals surface area contributed by atoms with Crippen molar-refractivity contribution in [3.05, 3.63) is 34.9 Å². The smallest absolute Gasteiger partial charge is 0.131 e. The van der Waals surface area contributed by atoms with Gasteiger partial charge in [0.1, 0.15) is 5.78 Å². The molecule has 0 amide bonds. The fraction of sp³-hybridized carbons (Fsp3) is 0.273. The standard InChI is InChI=1S/C11H10ClNO/c1-8(14)6-10(7-13)9-2-4-11(12)5-3-9/h2-5,10H,6H2,1H3. The van der Waals surface area contributed by atoms with Gasteiger partial charge in [0.05, 0.1) is 12.0 Å². The van der Waals surface area contributed by atoms with Gasteiger partial charge in [-0.25, -0.2) is 0 Å². The average molecular weight is 208 g/mol. The van der Waals surface area contributed by atoms with Crippen LogP contribution in [0.4, 0.5) is 0 Å². The fourth-order valence-electron chi connectivity index (χ4n) is 1.22. The van der Waals surface area contributed by atoms with Crippen LogP contribution in [0.3, 0.4) is 0 Å². The zero-order valence-corrected chi connectivity index (χ0v) is 8.58. The third-order valence-corrected chi connectivity index (χ3v) is 2.17. The van der Waals surface area contributed by atoms with Crippen molar-refractivity contribution in [2.24, 2.45) is 0 Å². The molecule has 0 saturated carbocycles. The maximum Gasteiger partial charge on any atom is 0.131 e. The lowest BCUT2D eigenvalue weighted by Crippen LogP contribution is -2.01. The van der Waals surface area contributed by atoms with E-state index in [0.717, 1.165) is 5.56 Å². The van der Waals surface area contributed by atoms with Crippen molar-refractivity contribution in [1.82, 2.24) is 0 Å². The Morgan fingerprint density at radius 1 is 1.50 bits per heavy atom. The van der Waals surface area contributed by atoms with Crippen LogP contribution in [0.2, 0.25) is 5.02 Å². The molecule has 1 aromatic carbocycles. The van der Waals surface area contributed by atoms with Gasteiger partial charge in [-0.1, -0.05) is 23.7 Å². The summed E-state index contributed by atoms with van der Waals surface area (Å²) in [5.74, 6) is -0.337. The highest BCUT2D eigenvalue weighted by Gasteiger charge is 2.12. The van der Waals surface area contributed by atoms with Gasteiger partial charge in [0.15, 0.2) is 0 Å². The molecule has 0 saturated heterocycles. The van der Waals surface area contributed by atoms with Crippen LogP contribution < -0.4 is 0 Å². The number of benzene rings is 1. The van der Waals surface area contributed by atoms with Crippen molar-refractivity contribution in [3.63, 3.8) is 0 Å². The minimum Gasteiger partial charge on any atom is -0.300 e. The number of halogens is 1. The molecule has 1 atom stereocenters. The first-order chi connectivity index (χ1) is 6.63. The molecule has 0 aliphatic rings. The molecule has 0 radical (unpaired) electrons. The van der Waals surface area contributed by atoms with Crippen molar-refractivity contribution < 1.29 is 4.79 Å². The van der Waals surface area contributed by atoms with Crippen molar-refractivity contribution >= 4 is 17.4 Å². The van der Waals surface area contributed by atoms with E-state index in [4.69, 9.17) is 16.9 Å². The summed E-state index contributed by atoms with van der Waals surface area (Å²) in [6.07, 6.45) is 0.262. The Morgan fingerprint density at radius 3 is 2.50 bits per heavy atom. The van der Waals surface area contributed by atoms with E-state index in [-0.39, 0.29) is 18.1 Å². The Balaban J connectivity index is 2.85. The molecule has 1 aromatic rings. The molecule has 2 nitrogen and oxygen atoms in total. The van der Waals surface area contributed by atoms with Crippen molar-refractivity contribution in [3.8, 4) is 6.07 Å². The van der Waals surface area contributed by atoms with Gasteiger partial charge in [0, 0.05) is 11.4 Å². The normalized spacial score (nSPS) is 11.8. The van der Waals surface area contributed by atoms with Crippen molar-refractivity contribution in [2.75, 3.05) is 0 Å². The summed E-state index contributed by atoms with van der Waals surface area (Å²) >= 11 is 5.72. The van der Waals surface area contributed by atoms with E-state index >= 15 is 0 Å². The molecule has 1 unspecified atom stereocenters. The molecule has 0 spiro atoms. The van der Waals surface area contributed by atoms with E-state index in [1.807, 2.05) is 0 Å². The highest BCUT2D eigenvalue weighted by molar-refractivity contribution is 6.30. The van der Waals surface area contributed by atoms with Crippen LogP contribution in [0.15, 0.2) is 24.3 Å². The molecule has 0 fully saturated rings. The molecule has 1 rings (SSSR count). The van der Waals surface area contributed by atoms with Gasteiger partial charge in [-0.3, -0.25) is 4.79 Å². The summed E-state index contributed by atoms with van der Waals surface area (Å²) in [5, 5.41) is 9.50. The van der Waals surface area contributed by atoms with Gasteiger partial charge in [-0.15, -0.1) is 0 Å². The van der Waals surface area contributed by atoms with E-state index in [1.54, 1.807) is 24.3 Å². The second-order valence-electron chi connectivity index (χ2n) is 3.14. The van der Waals surface area contributed by atoms with Crippen LogP contribution in [0, 0.1) is 11.3 Å². The molecule has 0 bridgehead atoms. The van der Waals surface area contributed by atoms with Gasteiger partial charge in [0.25, 0.3) is 0 Å². The number of hydrogen-bond donors (Lipinski definition) is 0. The minimum absolute atomic E-state index is 0.0199. The molecule has 14 heavy (non-hydrogen) atoms. The molecule has 0 aromatic heterocycles. The molecule has 0 aliphatic heterocycles. The first-order valence-electron chi connectivity index (χ1n) is 4.28. The first kappa shape index (κ1) is 10.7. The molecule has 0 aliphatic carbocycles. The summed E-state index contributed by atoms with van der Waals surface area (Å²) < 4.78 is 0. The minimum atomic E-state index is -0.357. The molecular formula is C11H10ClNO. The van der Waals surface area contributed by atoms with E-state index in [1.165, 1.54) is 6.92 Å². The summed E-state index contributed by atoms with van der Waals surface area (Å²) in [6.45, 7) is 1.49. The second-order valence-corrected chi connectivity index (χ2v) is 3.58. The van der Waals surface area contributed by atoms with Crippen molar-refractivity contribution in [1.29, 1.82) is 5.26 Å². The van der Waals surface area contributed by atoms with E-state index < -0.39 is 0 Å². The van der Waals surface area contributed by atoms with Crippen LogP contribution in [-0.2, 0) is 4.79 Å². The zero-order valence-electron chi connectivity index (χ0n) is 7.83. The number of Topliss-reactive ketones (excluding diaryl/α,β-unsaturated/α-hetero) is 1. The van der Waals surface area contributed by atoms with E-state index in [0.29, 0.717) is 5.02 Å². The summed E-state index contributed by atoms with van der Waals surface area (Å²) in [4.78, 5) is 10.9. The van der Waals surface area contributed by atoms with Crippen LogP contribution in [0.25, 0.3) is 0 Å². The van der Waals surface area contributed by atoms with Gasteiger partial charge in [-0.2, -0.15) is 5.26 Å².